The van der Waals surface area contributed by atoms with Gasteiger partial charge in [-0.1, -0.05) is 26.0 Å². The number of para-hydroxylation sites is 2. The SMILES string of the molecule is COc1ccc(C(=O)N2c3ccccc3NC3=C(C(=O)CC(C)(C)C3)C2c2ccco2)cc1. The van der Waals surface area contributed by atoms with Crippen molar-refractivity contribution < 1.29 is 18.7 Å². The van der Waals surface area contributed by atoms with Crippen molar-refractivity contribution in [3.63, 3.8) is 0 Å². The maximum Gasteiger partial charge on any atom is 0.259 e. The van der Waals surface area contributed by atoms with Crippen molar-refractivity contribution in [3.05, 3.63) is 89.5 Å². The molecule has 1 atom stereocenters. The molecule has 2 aromatic carbocycles. The Morgan fingerprint density at radius 3 is 2.52 bits per heavy atom. The summed E-state index contributed by atoms with van der Waals surface area (Å²) in [6, 6.07) is 17.6. The third-order valence-electron chi connectivity index (χ3n) is 6.27. The number of ketones is 1. The van der Waals surface area contributed by atoms with Crippen molar-refractivity contribution in [2.45, 2.75) is 32.7 Å². The lowest BCUT2D eigenvalue weighted by Crippen LogP contribution is -2.39. The number of methoxy groups -OCH3 is 1. The minimum atomic E-state index is -0.677. The molecule has 1 aromatic heterocycles. The second kappa shape index (κ2) is 7.96. The van der Waals surface area contributed by atoms with Gasteiger partial charge in [-0.2, -0.15) is 0 Å². The molecule has 2 aliphatic rings. The van der Waals surface area contributed by atoms with E-state index in [1.54, 1.807) is 48.6 Å². The monoisotopic (exact) mass is 442 g/mol. The second-order valence-electron chi connectivity index (χ2n) is 9.30. The first kappa shape index (κ1) is 21.1. The summed E-state index contributed by atoms with van der Waals surface area (Å²) in [6.45, 7) is 4.19. The highest BCUT2D eigenvalue weighted by atomic mass is 16.5. The number of nitrogens with zero attached hydrogens (tertiary/aromatic N) is 1. The van der Waals surface area contributed by atoms with Gasteiger partial charge in [-0.3, -0.25) is 14.5 Å². The van der Waals surface area contributed by atoms with Crippen LogP contribution in [0.1, 0.15) is 48.8 Å². The molecule has 0 saturated heterocycles. The molecule has 3 aromatic rings. The van der Waals surface area contributed by atoms with Gasteiger partial charge in [0.1, 0.15) is 17.6 Å². The number of hydrogen-bond acceptors (Lipinski definition) is 5. The Labute approximate surface area is 192 Å². The topological polar surface area (TPSA) is 71.8 Å². The fourth-order valence-corrected chi connectivity index (χ4v) is 4.80. The Balaban J connectivity index is 1.74. The number of allylic oxidation sites excluding steroid dienone is 1. The normalized spacial score (nSPS) is 19.3. The Morgan fingerprint density at radius 2 is 1.82 bits per heavy atom. The van der Waals surface area contributed by atoms with Crippen LogP contribution >= 0.6 is 0 Å². The van der Waals surface area contributed by atoms with Gasteiger partial charge < -0.3 is 14.5 Å². The average molecular weight is 443 g/mol. The number of carbonyl (C=O) groups is 2. The smallest absolute Gasteiger partial charge is 0.259 e. The van der Waals surface area contributed by atoms with Crippen LogP contribution in [0, 0.1) is 5.41 Å². The van der Waals surface area contributed by atoms with E-state index < -0.39 is 6.04 Å². The highest BCUT2D eigenvalue weighted by molar-refractivity contribution is 6.12. The van der Waals surface area contributed by atoms with Crippen LogP contribution in [0.3, 0.4) is 0 Å². The summed E-state index contributed by atoms with van der Waals surface area (Å²) in [6.07, 6.45) is 2.68. The predicted octanol–water partition coefficient (Wildman–Crippen LogP) is 5.75. The van der Waals surface area contributed by atoms with Gasteiger partial charge >= 0.3 is 0 Å². The molecule has 1 N–H and O–H groups in total. The van der Waals surface area contributed by atoms with Crippen LogP contribution in [-0.4, -0.2) is 18.8 Å². The number of furan rings is 1. The predicted molar refractivity (Wildman–Crippen MR) is 126 cm³/mol. The molecule has 1 unspecified atom stereocenters. The van der Waals surface area contributed by atoms with E-state index in [-0.39, 0.29) is 17.1 Å². The van der Waals surface area contributed by atoms with Crippen molar-refractivity contribution >= 4 is 23.1 Å². The minimum absolute atomic E-state index is 0.0236. The summed E-state index contributed by atoms with van der Waals surface area (Å²) < 4.78 is 11.1. The van der Waals surface area contributed by atoms with Crippen molar-refractivity contribution in [2.75, 3.05) is 17.3 Å². The minimum Gasteiger partial charge on any atom is -0.497 e. The third kappa shape index (κ3) is 3.71. The summed E-state index contributed by atoms with van der Waals surface area (Å²) in [5.41, 5.74) is 3.22. The number of nitrogens with one attached hydrogen (secondary N) is 1. The summed E-state index contributed by atoms with van der Waals surface area (Å²) in [5, 5.41) is 3.50. The molecule has 168 valence electrons. The Hall–Kier alpha value is -3.80. The van der Waals surface area contributed by atoms with Gasteiger partial charge in [0, 0.05) is 23.3 Å². The first-order chi connectivity index (χ1) is 15.9. The van der Waals surface area contributed by atoms with E-state index in [4.69, 9.17) is 9.15 Å². The quantitative estimate of drug-likeness (QED) is 0.560. The fourth-order valence-electron chi connectivity index (χ4n) is 4.80. The van der Waals surface area contributed by atoms with Gasteiger partial charge in [0.05, 0.1) is 24.7 Å². The lowest BCUT2D eigenvalue weighted by atomic mass is 9.74. The number of amides is 1. The van der Waals surface area contributed by atoms with E-state index in [0.29, 0.717) is 41.2 Å². The third-order valence-corrected chi connectivity index (χ3v) is 6.27. The molecule has 0 fully saturated rings. The zero-order valence-corrected chi connectivity index (χ0v) is 18.9. The second-order valence-corrected chi connectivity index (χ2v) is 9.30. The number of anilines is 2. The molecule has 5 rings (SSSR count). The van der Waals surface area contributed by atoms with E-state index in [1.807, 2.05) is 30.3 Å². The molecule has 0 saturated carbocycles. The van der Waals surface area contributed by atoms with Gasteiger partial charge in [-0.05, 0) is 60.4 Å². The van der Waals surface area contributed by atoms with Crippen LogP contribution in [0.4, 0.5) is 11.4 Å². The number of fused-ring (bicyclic) bond motifs is 1. The average Bonchev–Trinajstić information content (AvgIpc) is 3.28. The van der Waals surface area contributed by atoms with Gasteiger partial charge in [-0.15, -0.1) is 0 Å². The molecule has 0 radical (unpaired) electrons. The number of carbonyl (C=O) groups excluding carboxylic acids is 2. The number of hydrogen-bond donors (Lipinski definition) is 1. The van der Waals surface area contributed by atoms with Gasteiger partial charge in [0.25, 0.3) is 5.91 Å². The first-order valence-corrected chi connectivity index (χ1v) is 11.0. The Bertz CT molecular complexity index is 1240. The lowest BCUT2D eigenvalue weighted by Gasteiger charge is -2.36. The van der Waals surface area contributed by atoms with Crippen molar-refractivity contribution in [1.29, 1.82) is 0 Å². The van der Waals surface area contributed by atoms with Gasteiger partial charge in [-0.25, -0.2) is 0 Å². The maximum atomic E-state index is 14.0. The van der Waals surface area contributed by atoms with Crippen molar-refractivity contribution in [1.82, 2.24) is 0 Å². The lowest BCUT2D eigenvalue weighted by molar-refractivity contribution is -0.118. The number of benzene rings is 2. The standard InChI is InChI=1S/C27H26N2O4/c1-27(2)15-20-24(22(30)16-27)25(23-9-6-14-33-23)29(21-8-5-4-7-19(21)28-20)26(31)17-10-12-18(32-3)13-11-17/h4-14,25,28H,15-16H2,1-3H3. The van der Waals surface area contributed by atoms with Gasteiger partial charge in [0.15, 0.2) is 5.78 Å². The van der Waals surface area contributed by atoms with E-state index in [0.717, 1.165) is 11.4 Å². The van der Waals surface area contributed by atoms with E-state index >= 15 is 0 Å². The molecule has 0 spiro atoms. The van der Waals surface area contributed by atoms with Gasteiger partial charge in [0.2, 0.25) is 0 Å². The van der Waals surface area contributed by atoms with Crippen LogP contribution in [0.25, 0.3) is 0 Å². The molecule has 1 aliphatic carbocycles. The van der Waals surface area contributed by atoms with Crippen LogP contribution in [0.15, 0.2) is 82.6 Å². The summed E-state index contributed by atoms with van der Waals surface area (Å²) in [4.78, 5) is 29.2. The number of ether oxygens (including phenoxy) is 1. The number of Topliss-reactive ketones (excluding diaryl/α,β-unsaturated/α-hetero) is 1. The molecule has 1 amide bonds. The number of rotatable bonds is 3. The summed E-state index contributed by atoms with van der Waals surface area (Å²) >= 11 is 0. The highest BCUT2D eigenvalue weighted by Gasteiger charge is 2.44. The first-order valence-electron chi connectivity index (χ1n) is 11.0. The summed E-state index contributed by atoms with van der Waals surface area (Å²) in [5.74, 6) is 1.02. The highest BCUT2D eigenvalue weighted by Crippen LogP contribution is 2.48. The van der Waals surface area contributed by atoms with Crippen LogP contribution in [0.5, 0.6) is 5.75 Å². The molecular formula is C27H26N2O4. The van der Waals surface area contributed by atoms with E-state index in [1.165, 1.54) is 0 Å². The maximum absolute atomic E-state index is 14.0. The summed E-state index contributed by atoms with van der Waals surface area (Å²) in [7, 11) is 1.59. The molecule has 6 nitrogen and oxygen atoms in total. The van der Waals surface area contributed by atoms with Crippen molar-refractivity contribution in [2.24, 2.45) is 5.41 Å². The van der Waals surface area contributed by atoms with Crippen LogP contribution in [-0.2, 0) is 4.79 Å². The Morgan fingerprint density at radius 1 is 1.06 bits per heavy atom. The molecule has 0 bridgehead atoms. The van der Waals surface area contributed by atoms with Crippen molar-refractivity contribution in [3.8, 4) is 5.75 Å². The Kier molecular flexibility index (Phi) is 5.08. The zero-order chi connectivity index (χ0) is 23.2. The zero-order valence-electron chi connectivity index (χ0n) is 18.9. The largest absolute Gasteiger partial charge is 0.497 e. The molecule has 2 heterocycles. The van der Waals surface area contributed by atoms with Crippen LogP contribution in [0.2, 0.25) is 0 Å². The fraction of sp³-hybridized carbons (Fsp3) is 0.259. The van der Waals surface area contributed by atoms with E-state index in [2.05, 4.69) is 19.2 Å². The molecule has 1 aliphatic heterocycles. The molecule has 33 heavy (non-hydrogen) atoms. The molecule has 6 heteroatoms. The van der Waals surface area contributed by atoms with Crippen LogP contribution < -0.4 is 15.0 Å². The molecular weight excluding hydrogens is 416 g/mol. The van der Waals surface area contributed by atoms with E-state index in [9.17, 15) is 9.59 Å².